The monoisotopic (exact) mass is 285 g/mol. The van der Waals surface area contributed by atoms with Gasteiger partial charge < -0.3 is 0 Å². The molecule has 0 aliphatic heterocycles. The van der Waals surface area contributed by atoms with Crippen LogP contribution in [-0.4, -0.2) is 37.4 Å². The fourth-order valence-corrected chi connectivity index (χ4v) is 3.70. The molecule has 0 fully saturated rings. The molecule has 74 valence electrons. The Morgan fingerprint density at radius 3 is 2.15 bits per heavy atom. The minimum atomic E-state index is -1.44. The Morgan fingerprint density at radius 1 is 1.31 bits per heavy atom. The summed E-state index contributed by atoms with van der Waals surface area (Å²) in [7, 11) is 2.12. The summed E-state index contributed by atoms with van der Waals surface area (Å²) in [4.78, 5) is 11.2. The number of rotatable bonds is 5. The molecular formula is C10H20InNO. The van der Waals surface area contributed by atoms with Crippen molar-refractivity contribution in [3.05, 3.63) is 11.8 Å². The molecule has 0 aliphatic carbocycles. The summed E-state index contributed by atoms with van der Waals surface area (Å²) in [6.07, 6.45) is 3.40. The number of hydrogen-bond acceptors (Lipinski definition) is 2. The molecule has 0 heterocycles. The fourth-order valence-electron chi connectivity index (χ4n) is 1.07. The van der Waals surface area contributed by atoms with E-state index in [1.54, 1.807) is 0 Å². The van der Waals surface area contributed by atoms with Gasteiger partial charge in [-0.2, -0.15) is 0 Å². The van der Waals surface area contributed by atoms with E-state index in [0.29, 0.717) is 6.42 Å². The third-order valence-corrected chi connectivity index (χ3v) is 7.63. The Hall–Kier alpha value is 0.0801. The summed E-state index contributed by atoms with van der Waals surface area (Å²) in [5, 5.41) is 0. The standard InChI is InChI=1S/C8H15NO.2CH3.In/c1-4-7(9-3)6-8(10)5-2;;;/h6H,4-5H2,1-3H3,(H,9,10);2*1H3;/q;;;+1/p-1. The average Bonchev–Trinajstić information content (AvgIpc) is 2.12. The van der Waals surface area contributed by atoms with Crippen LogP contribution >= 0.6 is 0 Å². The maximum atomic E-state index is 11.2. The number of allylic oxidation sites excluding steroid dienone is 2. The molecule has 0 aromatic carbocycles. The van der Waals surface area contributed by atoms with Crippen molar-refractivity contribution in [3.8, 4) is 0 Å². The van der Waals surface area contributed by atoms with Gasteiger partial charge in [-0.25, -0.2) is 0 Å². The molecular weight excluding hydrogens is 265 g/mol. The molecule has 0 unspecified atom stereocenters. The van der Waals surface area contributed by atoms with Gasteiger partial charge in [-0.05, 0) is 0 Å². The number of carbonyl (C=O) groups is 1. The summed E-state index contributed by atoms with van der Waals surface area (Å²) in [6, 6.07) is 0. The van der Waals surface area contributed by atoms with Gasteiger partial charge >= 0.3 is 90.1 Å². The van der Waals surface area contributed by atoms with Crippen LogP contribution in [0.2, 0.25) is 9.36 Å². The number of hydrogen-bond donors (Lipinski definition) is 0. The van der Waals surface area contributed by atoms with Gasteiger partial charge in [-0.1, -0.05) is 0 Å². The molecule has 0 amide bonds. The van der Waals surface area contributed by atoms with Crippen molar-refractivity contribution in [3.63, 3.8) is 0 Å². The summed E-state index contributed by atoms with van der Waals surface area (Å²) >= 11 is -1.44. The van der Waals surface area contributed by atoms with Crippen LogP contribution in [0.5, 0.6) is 0 Å². The van der Waals surface area contributed by atoms with Gasteiger partial charge in [0.2, 0.25) is 0 Å². The van der Waals surface area contributed by atoms with E-state index >= 15 is 0 Å². The predicted molar refractivity (Wildman–Crippen MR) is 58.9 cm³/mol. The number of carbonyl (C=O) groups excluding carboxylic acids is 1. The zero-order chi connectivity index (χ0) is 10.4. The molecule has 0 aliphatic rings. The van der Waals surface area contributed by atoms with E-state index in [1.807, 2.05) is 13.0 Å². The SMILES string of the molecule is CCC(=O)/C=C(/CC)[N](C)[In]([CH3])[CH3]. The van der Waals surface area contributed by atoms with Crippen molar-refractivity contribution in [2.24, 2.45) is 0 Å². The van der Waals surface area contributed by atoms with Gasteiger partial charge in [-0.3, -0.25) is 0 Å². The van der Waals surface area contributed by atoms with E-state index < -0.39 is 21.7 Å². The first-order valence-corrected chi connectivity index (χ1v) is 13.1. The third kappa shape index (κ3) is 4.75. The van der Waals surface area contributed by atoms with E-state index in [1.165, 1.54) is 5.70 Å². The zero-order valence-corrected chi connectivity index (χ0v) is 12.7. The van der Waals surface area contributed by atoms with Crippen LogP contribution in [0, 0.1) is 0 Å². The van der Waals surface area contributed by atoms with Crippen LogP contribution in [0.25, 0.3) is 0 Å². The van der Waals surface area contributed by atoms with Crippen molar-refractivity contribution in [1.82, 2.24) is 2.89 Å². The van der Waals surface area contributed by atoms with Gasteiger partial charge in [0.1, 0.15) is 0 Å². The average molecular weight is 285 g/mol. The molecule has 0 rings (SSSR count). The first kappa shape index (κ1) is 13.1. The summed E-state index contributed by atoms with van der Waals surface area (Å²) in [5.74, 6) is 0.246. The topological polar surface area (TPSA) is 20.3 Å². The molecule has 2 nitrogen and oxygen atoms in total. The summed E-state index contributed by atoms with van der Waals surface area (Å²) < 4.78 is 7.03. The summed E-state index contributed by atoms with van der Waals surface area (Å²) in [5.41, 5.74) is 1.22. The van der Waals surface area contributed by atoms with E-state index in [9.17, 15) is 4.79 Å². The molecule has 0 bridgehead atoms. The molecule has 0 radical (unpaired) electrons. The fraction of sp³-hybridized carbons (Fsp3) is 0.700. The van der Waals surface area contributed by atoms with Gasteiger partial charge in [0, 0.05) is 0 Å². The number of ketones is 1. The Labute approximate surface area is 89.9 Å². The second-order valence-electron chi connectivity index (χ2n) is 3.51. The Morgan fingerprint density at radius 2 is 1.85 bits per heavy atom. The first-order valence-electron chi connectivity index (χ1n) is 4.99. The molecule has 0 saturated heterocycles. The van der Waals surface area contributed by atoms with Crippen LogP contribution in [0.15, 0.2) is 11.8 Å². The predicted octanol–water partition coefficient (Wildman–Crippen LogP) is 2.44. The first-order chi connectivity index (χ1) is 6.02. The second kappa shape index (κ2) is 6.52. The van der Waals surface area contributed by atoms with Gasteiger partial charge in [0.15, 0.2) is 0 Å². The molecule has 0 aromatic rings. The second-order valence-corrected chi connectivity index (χ2v) is 12.0. The Balaban J connectivity index is 4.49. The quantitative estimate of drug-likeness (QED) is 0.723. The third-order valence-electron chi connectivity index (χ3n) is 2.27. The number of nitrogens with zero attached hydrogens (tertiary/aromatic N) is 1. The minimum absolute atomic E-state index is 0.246. The van der Waals surface area contributed by atoms with E-state index in [4.69, 9.17) is 0 Å². The van der Waals surface area contributed by atoms with Crippen molar-refractivity contribution in [2.75, 3.05) is 7.05 Å². The Kier molecular flexibility index (Phi) is 6.56. The molecule has 0 saturated carbocycles. The molecule has 0 atom stereocenters. The molecule has 0 aromatic heterocycles. The van der Waals surface area contributed by atoms with Crippen molar-refractivity contribution >= 4 is 27.5 Å². The van der Waals surface area contributed by atoms with Crippen molar-refractivity contribution in [1.29, 1.82) is 0 Å². The van der Waals surface area contributed by atoms with Crippen molar-refractivity contribution < 1.29 is 4.79 Å². The molecule has 3 heteroatoms. The molecule has 0 N–H and O–H groups in total. The van der Waals surface area contributed by atoms with Crippen LogP contribution in [0.1, 0.15) is 26.7 Å². The van der Waals surface area contributed by atoms with E-state index in [0.717, 1.165) is 6.42 Å². The summed E-state index contributed by atoms with van der Waals surface area (Å²) in [6.45, 7) is 4.02. The maximum absolute atomic E-state index is 11.2. The van der Waals surface area contributed by atoms with Crippen molar-refractivity contribution in [2.45, 2.75) is 36.0 Å². The van der Waals surface area contributed by atoms with Crippen LogP contribution in [-0.2, 0) is 4.79 Å². The molecule has 13 heavy (non-hydrogen) atoms. The van der Waals surface area contributed by atoms with E-state index in [-0.39, 0.29) is 5.78 Å². The van der Waals surface area contributed by atoms with Crippen LogP contribution in [0.3, 0.4) is 0 Å². The zero-order valence-electron chi connectivity index (χ0n) is 9.42. The normalized spacial score (nSPS) is 11.3. The van der Waals surface area contributed by atoms with Crippen LogP contribution < -0.4 is 0 Å². The van der Waals surface area contributed by atoms with Gasteiger partial charge in [0.25, 0.3) is 0 Å². The molecule has 0 spiro atoms. The van der Waals surface area contributed by atoms with E-state index in [2.05, 4.69) is 26.2 Å². The Bertz CT molecular complexity index is 199. The van der Waals surface area contributed by atoms with Gasteiger partial charge in [0.05, 0.1) is 0 Å². The van der Waals surface area contributed by atoms with Gasteiger partial charge in [-0.15, -0.1) is 0 Å². The van der Waals surface area contributed by atoms with Crippen LogP contribution in [0.4, 0.5) is 0 Å².